The minimum absolute atomic E-state index is 0.113. The number of nitrogens with zero attached hydrogens (tertiary/aromatic N) is 1. The quantitative estimate of drug-likeness (QED) is 0.0902. The lowest BCUT2D eigenvalue weighted by Gasteiger charge is -2.12. The van der Waals surface area contributed by atoms with E-state index in [0.717, 1.165) is 68.2 Å². The van der Waals surface area contributed by atoms with Crippen molar-refractivity contribution in [3.8, 4) is 27.4 Å². The van der Waals surface area contributed by atoms with Crippen LogP contribution in [-0.2, 0) is 35.3 Å². The normalized spacial score (nSPS) is 12.6. The molecule has 47 heavy (non-hydrogen) atoms. The maximum atomic E-state index is 13.1. The summed E-state index contributed by atoms with van der Waals surface area (Å²) in [4.78, 5) is 17.6. The maximum Gasteiger partial charge on any atom is 0.416 e. The number of carboxylic acid groups (broad SMARTS) is 1. The highest BCUT2D eigenvalue weighted by Gasteiger charge is 2.32. The Bertz CT molecular complexity index is 1850. The van der Waals surface area contributed by atoms with E-state index >= 15 is 0 Å². The maximum absolute atomic E-state index is 13.1. The molecule has 1 unspecified atom stereocenters. The van der Waals surface area contributed by atoms with E-state index in [1.54, 1.807) is 6.07 Å². The number of hydrogen-bond acceptors (Lipinski definition) is 4. The number of aromatic nitrogens is 1. The lowest BCUT2D eigenvalue weighted by atomic mass is 10.0. The number of benzene rings is 4. The van der Waals surface area contributed by atoms with Gasteiger partial charge in [-0.3, -0.25) is 0 Å². The predicted octanol–water partition coefficient (Wildman–Crippen LogP) is 9.75. The fourth-order valence-electron chi connectivity index (χ4n) is 4.94. The van der Waals surface area contributed by atoms with Crippen LogP contribution in [0.3, 0.4) is 0 Å². The van der Waals surface area contributed by atoms with E-state index in [0.29, 0.717) is 28.3 Å². The zero-order valence-corrected chi connectivity index (χ0v) is 26.7. The predicted molar refractivity (Wildman–Crippen MR) is 172 cm³/mol. The first kappa shape index (κ1) is 34.1. The number of thiol groups is 1. The molecule has 1 aromatic heterocycles. The van der Waals surface area contributed by atoms with Crippen LogP contribution >= 0.6 is 11.3 Å². The average molecular weight is 689 g/mol. The summed E-state index contributed by atoms with van der Waals surface area (Å²) >= 11 is 2.32. The number of carbonyl (C=O) groups is 1. The molecule has 0 aliphatic heterocycles. The van der Waals surface area contributed by atoms with Crippen molar-refractivity contribution in [2.75, 3.05) is 6.61 Å². The van der Waals surface area contributed by atoms with Gasteiger partial charge in [0.05, 0.1) is 21.7 Å². The van der Waals surface area contributed by atoms with Crippen molar-refractivity contribution >= 4 is 29.1 Å². The summed E-state index contributed by atoms with van der Waals surface area (Å²) in [6, 6.07) is 23.0. The smallest absolute Gasteiger partial charge is 0.416 e. The molecule has 4 aromatic carbocycles. The number of ether oxygens (including phenoxy) is 1. The van der Waals surface area contributed by atoms with Gasteiger partial charge >= 0.3 is 18.3 Å². The molecule has 0 aliphatic rings. The first-order chi connectivity index (χ1) is 22.2. The van der Waals surface area contributed by atoms with Gasteiger partial charge in [0, 0.05) is 23.7 Å². The van der Waals surface area contributed by atoms with Gasteiger partial charge in [-0.15, -0.1) is 11.3 Å². The number of rotatable bonds is 10. The number of carboxylic acids is 1. The molecule has 0 bridgehead atoms. The molecule has 12 heteroatoms. The summed E-state index contributed by atoms with van der Waals surface area (Å²) in [7, 11) is 0. The zero-order valence-electron chi connectivity index (χ0n) is 25.0. The number of thiazole rings is 1. The Morgan fingerprint density at radius 3 is 1.85 bits per heavy atom. The lowest BCUT2D eigenvalue weighted by Crippen LogP contribution is -2.10. The van der Waals surface area contributed by atoms with E-state index in [9.17, 15) is 31.1 Å². The summed E-state index contributed by atoms with van der Waals surface area (Å²) in [5.41, 5.74) is 3.03. The Balaban J connectivity index is 1.43. The molecular formula is C35H28F6NO3S2+. The van der Waals surface area contributed by atoms with Gasteiger partial charge < -0.3 is 9.84 Å². The van der Waals surface area contributed by atoms with E-state index in [1.807, 2.05) is 50.2 Å². The standard InChI is InChI=1S/C35H27F6NO3S2/c1-20-17-28(15-16-29(20)45-19-31(43)44)46-30(32-21(2)42-33(47-32)25-9-13-27(14-10-25)35(39,40)41)18-22-3-5-23(6-4-22)24-7-11-26(12-8-24)34(36,37)38/h3-17,30H,18-19H2,1-2H3,(H,43,44)/p+1. The molecule has 0 radical (unpaired) electrons. The minimum atomic E-state index is -4.44. The monoisotopic (exact) mass is 688 g/mol. The summed E-state index contributed by atoms with van der Waals surface area (Å²) < 4.78 is 83.8. The molecule has 1 atom stereocenters. The van der Waals surface area contributed by atoms with Crippen molar-refractivity contribution < 1.29 is 41.0 Å². The minimum Gasteiger partial charge on any atom is -0.482 e. The third-order valence-corrected chi connectivity index (χ3v) is 10.2. The first-order valence-corrected chi connectivity index (χ1v) is 16.0. The fourth-order valence-corrected chi connectivity index (χ4v) is 7.71. The fraction of sp³-hybridized carbons (Fsp3) is 0.200. The Labute approximate surface area is 275 Å². The molecule has 0 saturated carbocycles. The van der Waals surface area contributed by atoms with Crippen LogP contribution in [0.25, 0.3) is 21.7 Å². The van der Waals surface area contributed by atoms with Crippen LogP contribution in [0.4, 0.5) is 26.3 Å². The van der Waals surface area contributed by atoms with Crippen LogP contribution in [-0.4, -0.2) is 22.7 Å². The van der Waals surface area contributed by atoms with Crippen molar-refractivity contribution in [3.05, 3.63) is 124 Å². The molecular weight excluding hydrogens is 661 g/mol. The largest absolute Gasteiger partial charge is 0.482 e. The van der Waals surface area contributed by atoms with Gasteiger partial charge in [-0.25, -0.2) is 9.78 Å². The van der Waals surface area contributed by atoms with Gasteiger partial charge in [-0.2, -0.15) is 26.3 Å². The second-order valence-corrected chi connectivity index (χ2v) is 13.2. The van der Waals surface area contributed by atoms with Crippen molar-refractivity contribution in [1.82, 2.24) is 4.98 Å². The number of aliphatic carboxylic acids is 1. The highest BCUT2D eigenvalue weighted by molar-refractivity contribution is 7.79. The van der Waals surface area contributed by atoms with Gasteiger partial charge in [-0.05, 0) is 78.6 Å². The molecule has 244 valence electrons. The van der Waals surface area contributed by atoms with Crippen LogP contribution in [0, 0.1) is 13.8 Å². The SMILES string of the molecule is Cc1cc([SH+]C(Cc2ccc(-c3ccc(C(F)(F)F)cc3)cc2)c2sc(-c3ccc(C(F)(F)F)cc3)nc2C)ccc1OCC(=O)O. The molecule has 5 aromatic rings. The second kappa shape index (κ2) is 13.8. The molecule has 1 N–H and O–H groups in total. The van der Waals surface area contributed by atoms with E-state index in [4.69, 9.17) is 14.8 Å². The van der Waals surface area contributed by atoms with E-state index in [1.165, 1.54) is 35.6 Å². The molecule has 4 nitrogen and oxygen atoms in total. The van der Waals surface area contributed by atoms with Crippen LogP contribution < -0.4 is 4.74 Å². The van der Waals surface area contributed by atoms with Gasteiger partial charge in [0.1, 0.15) is 10.8 Å². The second-order valence-electron chi connectivity index (χ2n) is 10.8. The Morgan fingerprint density at radius 2 is 1.34 bits per heavy atom. The zero-order chi connectivity index (χ0) is 33.9. The molecule has 0 spiro atoms. The molecule has 0 amide bonds. The van der Waals surface area contributed by atoms with Crippen LogP contribution in [0.1, 0.15) is 38.1 Å². The third kappa shape index (κ3) is 8.55. The topological polar surface area (TPSA) is 59.4 Å². The summed E-state index contributed by atoms with van der Waals surface area (Å²) in [5, 5.41) is 9.45. The van der Waals surface area contributed by atoms with E-state index in [-0.39, 0.29) is 5.25 Å². The Morgan fingerprint density at radius 1 is 0.809 bits per heavy atom. The highest BCUT2D eigenvalue weighted by atomic mass is 32.2. The summed E-state index contributed by atoms with van der Waals surface area (Å²) in [6.45, 7) is 3.23. The number of hydrogen-bond donors (Lipinski definition) is 1. The van der Waals surface area contributed by atoms with Crippen molar-refractivity contribution in [2.24, 2.45) is 0 Å². The molecule has 0 aliphatic carbocycles. The van der Waals surface area contributed by atoms with Gasteiger partial charge in [0.15, 0.2) is 16.8 Å². The third-order valence-electron chi connectivity index (χ3n) is 7.34. The van der Waals surface area contributed by atoms with Gasteiger partial charge in [0.2, 0.25) is 0 Å². The Hall–Kier alpha value is -4.29. The van der Waals surface area contributed by atoms with Gasteiger partial charge in [-0.1, -0.05) is 48.5 Å². The highest BCUT2D eigenvalue weighted by Crippen LogP contribution is 2.39. The molecule has 0 fully saturated rings. The van der Waals surface area contributed by atoms with Gasteiger partial charge in [0.25, 0.3) is 0 Å². The number of alkyl halides is 6. The number of aryl methyl sites for hydroxylation is 2. The van der Waals surface area contributed by atoms with Crippen LogP contribution in [0.5, 0.6) is 5.75 Å². The summed E-state index contributed by atoms with van der Waals surface area (Å²) in [5.74, 6) is -0.624. The summed E-state index contributed by atoms with van der Waals surface area (Å²) in [6.07, 6.45) is -8.29. The first-order valence-electron chi connectivity index (χ1n) is 14.2. The number of halogens is 6. The Kier molecular flexibility index (Phi) is 10.0. The average Bonchev–Trinajstić information content (AvgIpc) is 3.41. The van der Waals surface area contributed by atoms with Crippen LogP contribution in [0.15, 0.2) is 95.9 Å². The molecule has 1 heterocycles. The molecule has 5 rings (SSSR count). The van der Waals surface area contributed by atoms with Crippen LogP contribution in [0.2, 0.25) is 0 Å². The van der Waals surface area contributed by atoms with E-state index < -0.39 is 36.1 Å². The van der Waals surface area contributed by atoms with Crippen molar-refractivity contribution in [3.63, 3.8) is 0 Å². The lowest BCUT2D eigenvalue weighted by molar-refractivity contribution is -0.139. The van der Waals surface area contributed by atoms with Crippen molar-refractivity contribution in [1.29, 1.82) is 0 Å². The van der Waals surface area contributed by atoms with Crippen molar-refractivity contribution in [2.45, 2.75) is 42.8 Å². The van der Waals surface area contributed by atoms with E-state index in [2.05, 4.69) is 0 Å². The molecule has 0 saturated heterocycles.